The fourth-order valence-electron chi connectivity index (χ4n) is 5.58. The second kappa shape index (κ2) is 13.1. The van der Waals surface area contributed by atoms with Crippen LogP contribution in [0.4, 0.5) is 13.2 Å². The van der Waals surface area contributed by atoms with Crippen molar-refractivity contribution in [1.29, 1.82) is 0 Å². The zero-order valence-electron chi connectivity index (χ0n) is 21.9. The van der Waals surface area contributed by atoms with Gasteiger partial charge in [0.2, 0.25) is 0 Å². The van der Waals surface area contributed by atoms with E-state index in [4.69, 9.17) is 4.74 Å². The van der Waals surface area contributed by atoms with E-state index in [1.165, 1.54) is 30.3 Å². The van der Waals surface area contributed by atoms with Crippen LogP contribution >= 0.6 is 0 Å². The summed E-state index contributed by atoms with van der Waals surface area (Å²) in [5.41, 5.74) is 0.286. The molecular weight excluding hydrogens is 586 g/mol. The van der Waals surface area contributed by atoms with Gasteiger partial charge in [-0.1, -0.05) is 12.1 Å². The van der Waals surface area contributed by atoms with E-state index in [1.54, 1.807) is 0 Å². The number of carboxylic acid groups (broad SMARTS) is 1. The standard InChI is InChI=1S/C28H30F3N3O5S.K.H/c1-40(37,38)21-6-7-24-22(16-21)25(27(35)36)23(26(32-24)18-2-4-19(5-3-18)28(29,30)31)17-33-10-8-20(9-11-33)34-12-14-39-15-13-34;;/h2-7,16,20H,8-15,17H2,1H3,(H,35,36);;. The Bertz CT molecular complexity index is 1520. The molecule has 1 aromatic heterocycles. The van der Waals surface area contributed by atoms with Crippen molar-refractivity contribution in [3.8, 4) is 11.3 Å². The number of morpholine rings is 1. The molecule has 2 saturated heterocycles. The molecule has 0 unspecified atom stereocenters. The molecule has 3 aromatic rings. The second-order valence-electron chi connectivity index (χ2n) is 10.3. The van der Waals surface area contributed by atoms with Crippen molar-refractivity contribution >= 4 is 78.1 Å². The van der Waals surface area contributed by atoms with Crippen molar-refractivity contribution in [2.75, 3.05) is 45.6 Å². The van der Waals surface area contributed by atoms with Gasteiger partial charge in [0.25, 0.3) is 0 Å². The summed E-state index contributed by atoms with van der Waals surface area (Å²) < 4.78 is 69.6. The number of ether oxygens (including phenoxy) is 1. The number of carbonyl (C=O) groups is 1. The summed E-state index contributed by atoms with van der Waals surface area (Å²) >= 11 is 0. The van der Waals surface area contributed by atoms with Gasteiger partial charge in [-0.05, 0) is 56.3 Å². The third kappa shape index (κ3) is 7.39. The van der Waals surface area contributed by atoms with Crippen LogP contribution in [0.2, 0.25) is 0 Å². The van der Waals surface area contributed by atoms with E-state index in [0.29, 0.717) is 43.5 Å². The number of piperidine rings is 1. The van der Waals surface area contributed by atoms with Crippen molar-refractivity contribution in [2.45, 2.75) is 36.5 Å². The van der Waals surface area contributed by atoms with E-state index in [0.717, 1.165) is 44.3 Å². The van der Waals surface area contributed by atoms with Gasteiger partial charge in [0.15, 0.2) is 9.84 Å². The molecule has 0 spiro atoms. The zero-order valence-corrected chi connectivity index (χ0v) is 22.8. The van der Waals surface area contributed by atoms with E-state index in [-0.39, 0.29) is 85.0 Å². The van der Waals surface area contributed by atoms with Crippen molar-refractivity contribution in [2.24, 2.45) is 0 Å². The van der Waals surface area contributed by atoms with Gasteiger partial charge in [0.05, 0.1) is 40.4 Å². The summed E-state index contributed by atoms with van der Waals surface area (Å²) in [6.07, 6.45) is -1.70. The Morgan fingerprint density at radius 3 is 2.24 bits per heavy atom. The third-order valence-electron chi connectivity index (χ3n) is 7.69. The minimum absolute atomic E-state index is 0. The molecule has 0 bridgehead atoms. The average molecular weight is 618 g/mol. The van der Waals surface area contributed by atoms with Crippen molar-refractivity contribution < 1.29 is 36.2 Å². The number of hydrogen-bond acceptors (Lipinski definition) is 7. The van der Waals surface area contributed by atoms with Crippen molar-refractivity contribution in [1.82, 2.24) is 14.8 Å². The molecule has 0 atom stereocenters. The number of sulfone groups is 1. The van der Waals surface area contributed by atoms with Crippen LogP contribution in [0.5, 0.6) is 0 Å². The second-order valence-corrected chi connectivity index (χ2v) is 12.3. The predicted molar refractivity (Wildman–Crippen MR) is 150 cm³/mol. The van der Waals surface area contributed by atoms with Gasteiger partial charge in [0.1, 0.15) is 0 Å². The van der Waals surface area contributed by atoms with E-state index >= 15 is 0 Å². The number of pyridine rings is 1. The number of likely N-dealkylation sites (tertiary alicyclic amines) is 1. The first kappa shape index (κ1) is 32.5. The van der Waals surface area contributed by atoms with Crippen LogP contribution in [0, 0.1) is 0 Å². The van der Waals surface area contributed by atoms with Gasteiger partial charge in [-0.2, -0.15) is 13.2 Å². The van der Waals surface area contributed by atoms with E-state index < -0.39 is 27.5 Å². The Balaban J connectivity index is 0.00000387. The van der Waals surface area contributed by atoms with Crippen LogP contribution in [0.25, 0.3) is 22.2 Å². The first-order valence-electron chi connectivity index (χ1n) is 13.0. The van der Waals surface area contributed by atoms with Crippen LogP contribution < -0.4 is 0 Å². The molecule has 41 heavy (non-hydrogen) atoms. The fraction of sp³-hybridized carbons (Fsp3) is 0.429. The van der Waals surface area contributed by atoms with Gasteiger partial charge in [-0.3, -0.25) is 9.80 Å². The molecule has 8 nitrogen and oxygen atoms in total. The summed E-state index contributed by atoms with van der Waals surface area (Å²) in [4.78, 5) is 21.9. The summed E-state index contributed by atoms with van der Waals surface area (Å²) in [6.45, 7) is 4.78. The molecule has 2 fully saturated rings. The van der Waals surface area contributed by atoms with E-state index in [2.05, 4.69) is 14.8 Å². The minimum atomic E-state index is -4.52. The van der Waals surface area contributed by atoms with Crippen LogP contribution in [-0.2, 0) is 27.3 Å². The maximum atomic E-state index is 13.2. The van der Waals surface area contributed by atoms with Gasteiger partial charge >= 0.3 is 63.5 Å². The maximum absolute atomic E-state index is 13.2. The first-order valence-corrected chi connectivity index (χ1v) is 14.9. The number of benzene rings is 2. The summed E-state index contributed by atoms with van der Waals surface area (Å²) in [6, 6.07) is 8.99. The van der Waals surface area contributed by atoms with Crippen molar-refractivity contribution in [3.05, 3.63) is 59.2 Å². The molecule has 0 aliphatic carbocycles. The quantitative estimate of drug-likeness (QED) is 0.419. The van der Waals surface area contributed by atoms with Crippen LogP contribution in [0.3, 0.4) is 0 Å². The molecule has 1 N–H and O–H groups in total. The number of alkyl halides is 3. The van der Waals surface area contributed by atoms with Gasteiger partial charge in [-0.25, -0.2) is 18.2 Å². The molecule has 2 aromatic carbocycles. The molecule has 0 amide bonds. The van der Waals surface area contributed by atoms with Gasteiger partial charge in [-0.15, -0.1) is 0 Å². The molecule has 2 aliphatic rings. The number of nitrogens with zero attached hydrogens (tertiary/aromatic N) is 3. The molecule has 0 radical (unpaired) electrons. The van der Waals surface area contributed by atoms with Crippen molar-refractivity contribution in [3.63, 3.8) is 0 Å². The van der Waals surface area contributed by atoms with E-state index in [9.17, 15) is 31.5 Å². The van der Waals surface area contributed by atoms with Crippen LogP contribution in [-0.4, -0.2) is 137 Å². The van der Waals surface area contributed by atoms with Crippen LogP contribution in [0.15, 0.2) is 47.4 Å². The molecule has 2 aliphatic heterocycles. The first-order chi connectivity index (χ1) is 18.9. The predicted octanol–water partition coefficient (Wildman–Crippen LogP) is 3.67. The number of rotatable bonds is 6. The Hall–Kier alpha value is -1.42. The fourth-order valence-corrected chi connectivity index (χ4v) is 6.22. The molecule has 13 heteroatoms. The molecular formula is C28H31F3KN3O5S. The topological polar surface area (TPSA) is 100 Å². The number of halogens is 3. The molecule has 5 rings (SSSR count). The Kier molecular flexibility index (Phi) is 10.4. The number of fused-ring (bicyclic) bond motifs is 1. The normalized spacial score (nSPS) is 17.9. The Labute approximate surface area is 279 Å². The zero-order chi connectivity index (χ0) is 28.7. The number of carboxylic acids is 1. The monoisotopic (exact) mass is 617 g/mol. The summed E-state index contributed by atoms with van der Waals surface area (Å²) in [5.74, 6) is -1.26. The Morgan fingerprint density at radius 1 is 1.05 bits per heavy atom. The van der Waals surface area contributed by atoms with Crippen LogP contribution in [0.1, 0.15) is 34.3 Å². The molecule has 3 heterocycles. The SMILES string of the molecule is CS(=O)(=O)c1ccc2nc(-c3ccc(C(F)(F)F)cc3)c(CN3CCC(N4CCOCC4)CC3)c(C(=O)O)c2c1.[KH]. The molecule has 0 saturated carbocycles. The molecule has 216 valence electrons. The average Bonchev–Trinajstić information content (AvgIpc) is 2.92. The number of aromatic nitrogens is 1. The van der Waals surface area contributed by atoms with E-state index in [1.807, 2.05) is 0 Å². The summed E-state index contributed by atoms with van der Waals surface area (Å²) in [7, 11) is -3.63. The number of hydrogen-bond donors (Lipinski definition) is 1. The van der Waals surface area contributed by atoms with Gasteiger partial charge in [0, 0.05) is 48.4 Å². The van der Waals surface area contributed by atoms with Gasteiger partial charge < -0.3 is 9.84 Å². The Morgan fingerprint density at radius 2 is 1.68 bits per heavy atom. The summed E-state index contributed by atoms with van der Waals surface area (Å²) in [5, 5.41) is 10.5. The third-order valence-corrected chi connectivity index (χ3v) is 8.80. The number of aromatic carboxylic acids is 1.